The van der Waals surface area contributed by atoms with Gasteiger partial charge in [0.15, 0.2) is 5.00 Å². The van der Waals surface area contributed by atoms with Crippen molar-refractivity contribution in [1.29, 1.82) is 0 Å². The van der Waals surface area contributed by atoms with Gasteiger partial charge in [0.1, 0.15) is 4.21 Å². The molecule has 0 radical (unpaired) electrons. The molecule has 1 aliphatic heterocycles. The van der Waals surface area contributed by atoms with Crippen LogP contribution in [0.5, 0.6) is 0 Å². The molecule has 0 amide bonds. The van der Waals surface area contributed by atoms with Crippen LogP contribution in [0.4, 0.5) is 10.7 Å². The summed E-state index contributed by atoms with van der Waals surface area (Å²) >= 11 is 0.951. The maximum absolute atomic E-state index is 12.7. The van der Waals surface area contributed by atoms with Crippen molar-refractivity contribution in [2.75, 3.05) is 18.4 Å². The monoisotopic (exact) mass is 331 g/mol. The van der Waals surface area contributed by atoms with Crippen molar-refractivity contribution in [3.8, 4) is 0 Å². The van der Waals surface area contributed by atoms with Gasteiger partial charge in [0.25, 0.3) is 10.0 Å². The summed E-state index contributed by atoms with van der Waals surface area (Å²) in [4.78, 5) is 10.5. The molecule has 1 saturated carbocycles. The molecule has 2 unspecified atom stereocenters. The Kier molecular flexibility index (Phi) is 3.66. The summed E-state index contributed by atoms with van der Waals surface area (Å²) in [7, 11) is -3.62. The topological polar surface area (TPSA) is 92.6 Å². The third kappa shape index (κ3) is 2.43. The van der Waals surface area contributed by atoms with Crippen molar-refractivity contribution in [1.82, 2.24) is 4.31 Å². The van der Waals surface area contributed by atoms with Crippen molar-refractivity contribution >= 4 is 32.0 Å². The van der Waals surface area contributed by atoms with Crippen molar-refractivity contribution in [2.24, 2.45) is 5.92 Å². The maximum Gasteiger partial charge on any atom is 0.304 e. The first-order valence-electron chi connectivity index (χ1n) is 6.97. The van der Waals surface area contributed by atoms with Crippen LogP contribution in [0.25, 0.3) is 0 Å². The minimum absolute atomic E-state index is 0.0673. The van der Waals surface area contributed by atoms with Gasteiger partial charge in [0.05, 0.1) is 4.92 Å². The summed E-state index contributed by atoms with van der Waals surface area (Å²) in [5, 5.41) is 14.2. The van der Waals surface area contributed by atoms with Gasteiger partial charge in [0.2, 0.25) is 0 Å². The molecule has 1 N–H and O–H groups in total. The summed E-state index contributed by atoms with van der Waals surface area (Å²) in [6.07, 6.45) is 2.91. The lowest BCUT2D eigenvalue weighted by Crippen LogP contribution is -2.37. The standard InChI is InChI=1S/C12H17N3O4S2/c1-2-13-12-10(15(16)17)6-11(20-12)21(18,19)14-7-8-3-4-9(14)5-8/h6,8-9,13H,2-5,7H2,1H3. The highest BCUT2D eigenvalue weighted by atomic mass is 32.2. The highest BCUT2D eigenvalue weighted by Crippen LogP contribution is 2.44. The summed E-state index contributed by atoms with van der Waals surface area (Å²) in [5.41, 5.74) is -0.162. The number of nitro groups is 1. The molecule has 2 atom stereocenters. The van der Waals surface area contributed by atoms with Gasteiger partial charge in [-0.05, 0) is 32.1 Å². The van der Waals surface area contributed by atoms with Gasteiger partial charge in [0, 0.05) is 25.2 Å². The van der Waals surface area contributed by atoms with E-state index in [1.807, 2.05) is 6.92 Å². The number of sulfonamides is 1. The number of hydrogen-bond acceptors (Lipinski definition) is 6. The third-order valence-electron chi connectivity index (χ3n) is 4.15. The van der Waals surface area contributed by atoms with E-state index >= 15 is 0 Å². The summed E-state index contributed by atoms with van der Waals surface area (Å²) < 4.78 is 27.0. The lowest BCUT2D eigenvalue weighted by Gasteiger charge is -2.25. The van der Waals surface area contributed by atoms with Crippen LogP contribution in [0.3, 0.4) is 0 Å². The van der Waals surface area contributed by atoms with E-state index in [-0.39, 0.29) is 15.9 Å². The SMILES string of the molecule is CCNc1sc(S(=O)(=O)N2CC3CCC2C3)cc1[N+](=O)[O-]. The second-order valence-electron chi connectivity index (χ2n) is 5.47. The molecule has 2 fully saturated rings. The molecule has 0 spiro atoms. The first kappa shape index (κ1) is 14.7. The zero-order valence-corrected chi connectivity index (χ0v) is 13.2. The van der Waals surface area contributed by atoms with Crippen LogP contribution in [0.15, 0.2) is 10.3 Å². The van der Waals surface area contributed by atoms with Gasteiger partial charge >= 0.3 is 5.69 Å². The molecule has 3 rings (SSSR count). The Hall–Kier alpha value is -1.19. The number of rotatable bonds is 5. The maximum atomic E-state index is 12.7. The number of thiophene rings is 1. The highest BCUT2D eigenvalue weighted by Gasteiger charge is 2.45. The summed E-state index contributed by atoms with van der Waals surface area (Å²) in [6, 6.07) is 1.26. The molecule has 21 heavy (non-hydrogen) atoms. The molecule has 9 heteroatoms. The summed E-state index contributed by atoms with van der Waals surface area (Å²) in [5.74, 6) is 0.452. The molecule has 2 aliphatic rings. The molecular formula is C12H17N3O4S2. The Bertz CT molecular complexity index is 670. The van der Waals surface area contributed by atoms with Crippen molar-refractivity contribution in [3.05, 3.63) is 16.2 Å². The predicted octanol–water partition coefficient (Wildman–Crippen LogP) is 2.26. The molecule has 7 nitrogen and oxygen atoms in total. The van der Waals surface area contributed by atoms with Gasteiger partial charge in [-0.15, -0.1) is 0 Å². The molecule has 0 aromatic carbocycles. The Morgan fingerprint density at radius 1 is 1.52 bits per heavy atom. The van der Waals surface area contributed by atoms with Crippen LogP contribution < -0.4 is 5.32 Å². The average Bonchev–Trinajstić information content (AvgIpc) is 3.13. The quantitative estimate of drug-likeness (QED) is 0.660. The zero-order chi connectivity index (χ0) is 15.2. The third-order valence-corrected chi connectivity index (χ3v) is 7.60. The van der Waals surface area contributed by atoms with Crippen molar-refractivity contribution in [3.63, 3.8) is 0 Å². The van der Waals surface area contributed by atoms with E-state index in [1.54, 1.807) is 0 Å². The van der Waals surface area contributed by atoms with Gasteiger partial charge in [-0.1, -0.05) is 11.3 Å². The molecular weight excluding hydrogens is 314 g/mol. The van der Waals surface area contributed by atoms with Crippen LogP contribution in [0.2, 0.25) is 0 Å². The molecule has 1 aliphatic carbocycles. The van der Waals surface area contributed by atoms with Crippen molar-refractivity contribution in [2.45, 2.75) is 36.4 Å². The smallest absolute Gasteiger partial charge is 0.304 e. The van der Waals surface area contributed by atoms with Crippen LogP contribution in [0, 0.1) is 16.0 Å². The fourth-order valence-corrected chi connectivity index (χ4v) is 6.47. The van der Waals surface area contributed by atoms with Crippen LogP contribution in [-0.4, -0.2) is 36.8 Å². The minimum Gasteiger partial charge on any atom is -0.372 e. The van der Waals surface area contributed by atoms with Crippen LogP contribution in [0.1, 0.15) is 26.2 Å². The lowest BCUT2D eigenvalue weighted by molar-refractivity contribution is -0.383. The Balaban J connectivity index is 1.95. The van der Waals surface area contributed by atoms with E-state index in [4.69, 9.17) is 0 Å². The number of piperidine rings is 1. The Morgan fingerprint density at radius 2 is 2.29 bits per heavy atom. The number of nitrogens with one attached hydrogen (secondary N) is 1. The van der Waals surface area contributed by atoms with Gasteiger partial charge in [-0.25, -0.2) is 8.42 Å². The van der Waals surface area contributed by atoms with E-state index in [2.05, 4.69) is 5.32 Å². The molecule has 1 aromatic heterocycles. The molecule has 2 heterocycles. The lowest BCUT2D eigenvalue weighted by atomic mass is 10.1. The van der Waals surface area contributed by atoms with Gasteiger partial charge in [-0.3, -0.25) is 10.1 Å². The molecule has 1 saturated heterocycles. The number of fused-ring (bicyclic) bond motifs is 2. The largest absolute Gasteiger partial charge is 0.372 e. The number of nitrogens with zero attached hydrogens (tertiary/aromatic N) is 2. The number of anilines is 1. The van der Waals surface area contributed by atoms with Gasteiger partial charge in [-0.2, -0.15) is 4.31 Å². The van der Waals surface area contributed by atoms with Crippen LogP contribution >= 0.6 is 11.3 Å². The van der Waals surface area contributed by atoms with E-state index < -0.39 is 14.9 Å². The van der Waals surface area contributed by atoms with E-state index in [9.17, 15) is 18.5 Å². The van der Waals surface area contributed by atoms with Crippen LogP contribution in [-0.2, 0) is 10.0 Å². The minimum atomic E-state index is -3.62. The predicted molar refractivity (Wildman–Crippen MR) is 80.2 cm³/mol. The summed E-state index contributed by atoms with van der Waals surface area (Å²) in [6.45, 7) is 2.88. The van der Waals surface area contributed by atoms with Gasteiger partial charge < -0.3 is 5.32 Å². The normalized spacial score (nSPS) is 25.4. The second-order valence-corrected chi connectivity index (χ2v) is 8.64. The fourth-order valence-electron chi connectivity index (χ4n) is 3.20. The molecule has 116 valence electrons. The molecule has 1 aromatic rings. The Labute approximate surface area is 127 Å². The Morgan fingerprint density at radius 3 is 2.81 bits per heavy atom. The fraction of sp³-hybridized carbons (Fsp3) is 0.667. The van der Waals surface area contributed by atoms with Crippen molar-refractivity contribution < 1.29 is 13.3 Å². The second kappa shape index (κ2) is 5.22. The highest BCUT2D eigenvalue weighted by molar-refractivity contribution is 7.91. The van der Waals surface area contributed by atoms with E-state index in [0.29, 0.717) is 24.0 Å². The molecule has 2 bridgehead atoms. The first-order valence-corrected chi connectivity index (χ1v) is 9.23. The van der Waals surface area contributed by atoms with E-state index in [1.165, 1.54) is 10.4 Å². The first-order chi connectivity index (χ1) is 9.93. The zero-order valence-electron chi connectivity index (χ0n) is 11.6. The average molecular weight is 331 g/mol. The van der Waals surface area contributed by atoms with E-state index in [0.717, 1.165) is 30.6 Å². The number of hydrogen-bond donors (Lipinski definition) is 1.